The van der Waals surface area contributed by atoms with Gasteiger partial charge in [-0.2, -0.15) is 0 Å². The Bertz CT molecular complexity index is 144. The molecule has 1 heterocycles. The Hall–Kier alpha value is 0.370. The maximum absolute atomic E-state index is 5.37. The molecular weight excluding hydrogens is 135 g/mol. The van der Waals surface area contributed by atoms with Crippen LogP contribution < -0.4 is 0 Å². The fraction of sp³-hybridized carbons (Fsp3) is 0. The van der Waals surface area contributed by atoms with Gasteiger partial charge in [0.25, 0.3) is 0 Å². The Morgan fingerprint density at radius 3 is 2.38 bits per heavy atom. The van der Waals surface area contributed by atoms with E-state index >= 15 is 0 Å². The van der Waals surface area contributed by atoms with E-state index in [0.717, 1.165) is 0 Å². The molecule has 0 bridgehead atoms. The Kier molecular flexibility index (Phi) is 4.47. The normalized spacial score (nSPS) is 7.62. The molecule has 0 fully saturated rings. The average Bonchev–Trinajstić information content (AvgIpc) is 1.69. The van der Waals surface area contributed by atoms with E-state index in [1.54, 1.807) is 12.4 Å². The fourth-order valence-corrected chi connectivity index (χ4v) is 0.394. The van der Waals surface area contributed by atoms with Gasteiger partial charge < -0.3 is 0 Å². The quantitative estimate of drug-likeness (QED) is 0.493. The van der Waals surface area contributed by atoms with Crippen LogP contribution >= 0.6 is 11.6 Å². The summed E-state index contributed by atoms with van der Waals surface area (Å²) in [6.07, 6.45) is 4.61. The van der Waals surface area contributed by atoms with Crippen molar-refractivity contribution in [2.24, 2.45) is 0 Å². The minimum absolute atomic E-state index is 0. The molecule has 0 N–H and O–H groups in total. The molecule has 0 aliphatic heterocycles. The number of aromatic nitrogens is 2. The number of hydrogen-bond donors (Lipinski definition) is 0. The van der Waals surface area contributed by atoms with Crippen LogP contribution in [0.25, 0.3) is 0 Å². The molecule has 0 atom stereocenters. The van der Waals surface area contributed by atoms with Crippen LogP contribution in [0.3, 0.4) is 0 Å². The van der Waals surface area contributed by atoms with Crippen molar-refractivity contribution in [1.82, 2.24) is 9.97 Å². The fourth-order valence-electron chi connectivity index (χ4n) is 0.281. The molecule has 0 saturated heterocycles. The number of nitrogens with zero attached hydrogens (tertiary/aromatic N) is 2. The SMILES string of the molecule is Clc1cnccn1.[Na]. The van der Waals surface area contributed by atoms with E-state index in [9.17, 15) is 0 Å². The molecule has 0 aliphatic rings. The van der Waals surface area contributed by atoms with Crippen LogP contribution in [0.1, 0.15) is 0 Å². The summed E-state index contributed by atoms with van der Waals surface area (Å²) in [7, 11) is 0. The van der Waals surface area contributed by atoms with Crippen molar-refractivity contribution in [2.45, 2.75) is 0 Å². The summed E-state index contributed by atoms with van der Waals surface area (Å²) in [5.74, 6) is 0. The van der Waals surface area contributed by atoms with Gasteiger partial charge in [-0.1, -0.05) is 11.6 Å². The van der Waals surface area contributed by atoms with Crippen LogP contribution in [0, 0.1) is 0 Å². The monoisotopic (exact) mass is 137 g/mol. The first kappa shape index (κ1) is 8.37. The Labute approximate surface area is 74.6 Å². The van der Waals surface area contributed by atoms with Gasteiger partial charge in [-0.15, -0.1) is 0 Å². The zero-order valence-corrected chi connectivity index (χ0v) is 7.26. The molecule has 37 valence electrons. The Balaban J connectivity index is 0.000000490. The van der Waals surface area contributed by atoms with Gasteiger partial charge in [-0.05, 0) is 0 Å². The third-order valence-corrected chi connectivity index (χ3v) is 0.727. The van der Waals surface area contributed by atoms with Crippen LogP contribution in [0.5, 0.6) is 0 Å². The second-order valence-corrected chi connectivity index (χ2v) is 1.42. The van der Waals surface area contributed by atoms with Gasteiger partial charge in [0.2, 0.25) is 0 Å². The van der Waals surface area contributed by atoms with E-state index in [0.29, 0.717) is 5.15 Å². The zero-order valence-electron chi connectivity index (χ0n) is 4.50. The predicted molar refractivity (Wildman–Crippen MR) is 32.8 cm³/mol. The number of halogens is 1. The van der Waals surface area contributed by atoms with Crippen LogP contribution in [-0.2, 0) is 0 Å². The molecular formula is C4H3ClN2Na. The van der Waals surface area contributed by atoms with Gasteiger partial charge in [0.15, 0.2) is 0 Å². The van der Waals surface area contributed by atoms with Gasteiger partial charge in [0.1, 0.15) is 5.15 Å². The standard InChI is InChI=1S/C4H3ClN2.Na/c5-4-3-6-1-2-7-4;/h1-3H;. The Morgan fingerprint density at radius 1 is 1.38 bits per heavy atom. The number of hydrogen-bond acceptors (Lipinski definition) is 2. The molecule has 1 aromatic rings. The minimum Gasteiger partial charge on any atom is -0.260 e. The smallest absolute Gasteiger partial charge is 0.147 e. The predicted octanol–water partition coefficient (Wildman–Crippen LogP) is 0.749. The third kappa shape index (κ3) is 2.62. The summed E-state index contributed by atoms with van der Waals surface area (Å²) in [5, 5.41) is 0.433. The largest absolute Gasteiger partial charge is 0.260 e. The van der Waals surface area contributed by atoms with Gasteiger partial charge in [0.05, 0.1) is 6.20 Å². The molecule has 8 heavy (non-hydrogen) atoms. The van der Waals surface area contributed by atoms with Crippen LogP contribution in [0.4, 0.5) is 0 Å². The molecule has 1 rings (SSSR count). The molecule has 0 spiro atoms. The molecule has 1 aromatic heterocycles. The molecule has 0 aliphatic carbocycles. The molecule has 0 amide bonds. The van der Waals surface area contributed by atoms with Crippen molar-refractivity contribution >= 4 is 41.2 Å². The maximum Gasteiger partial charge on any atom is 0.147 e. The second kappa shape index (κ2) is 4.27. The summed E-state index contributed by atoms with van der Waals surface area (Å²) in [6, 6.07) is 0. The van der Waals surface area contributed by atoms with Crippen molar-refractivity contribution in [2.75, 3.05) is 0 Å². The van der Waals surface area contributed by atoms with Gasteiger partial charge >= 0.3 is 0 Å². The van der Waals surface area contributed by atoms with Crippen molar-refractivity contribution in [3.63, 3.8) is 0 Å². The summed E-state index contributed by atoms with van der Waals surface area (Å²) in [4.78, 5) is 7.37. The molecule has 1 radical (unpaired) electrons. The summed E-state index contributed by atoms with van der Waals surface area (Å²) < 4.78 is 0. The van der Waals surface area contributed by atoms with Crippen molar-refractivity contribution in [3.05, 3.63) is 23.7 Å². The van der Waals surface area contributed by atoms with Gasteiger partial charge in [-0.3, -0.25) is 4.98 Å². The van der Waals surface area contributed by atoms with E-state index in [-0.39, 0.29) is 29.6 Å². The van der Waals surface area contributed by atoms with E-state index in [4.69, 9.17) is 11.6 Å². The second-order valence-electron chi connectivity index (χ2n) is 1.03. The number of rotatable bonds is 0. The first-order valence-electron chi connectivity index (χ1n) is 1.81. The molecule has 0 aromatic carbocycles. The first-order valence-corrected chi connectivity index (χ1v) is 2.19. The van der Waals surface area contributed by atoms with Gasteiger partial charge in [-0.25, -0.2) is 4.98 Å². The Morgan fingerprint density at radius 2 is 2.12 bits per heavy atom. The average molecular weight is 138 g/mol. The van der Waals surface area contributed by atoms with E-state index in [1.165, 1.54) is 6.20 Å². The topological polar surface area (TPSA) is 25.8 Å². The molecule has 0 saturated carbocycles. The summed E-state index contributed by atoms with van der Waals surface area (Å²) in [5.41, 5.74) is 0. The van der Waals surface area contributed by atoms with E-state index < -0.39 is 0 Å². The minimum atomic E-state index is 0. The van der Waals surface area contributed by atoms with Crippen molar-refractivity contribution in [1.29, 1.82) is 0 Å². The van der Waals surface area contributed by atoms with E-state index in [2.05, 4.69) is 9.97 Å². The summed E-state index contributed by atoms with van der Waals surface area (Å²) in [6.45, 7) is 0. The van der Waals surface area contributed by atoms with E-state index in [1.807, 2.05) is 0 Å². The van der Waals surface area contributed by atoms with Crippen molar-refractivity contribution in [3.8, 4) is 0 Å². The van der Waals surface area contributed by atoms with Crippen molar-refractivity contribution < 1.29 is 0 Å². The molecule has 4 heteroatoms. The maximum atomic E-state index is 5.37. The molecule has 0 unspecified atom stereocenters. The van der Waals surface area contributed by atoms with Gasteiger partial charge in [0, 0.05) is 42.0 Å². The van der Waals surface area contributed by atoms with Crippen LogP contribution in [0.15, 0.2) is 18.6 Å². The van der Waals surface area contributed by atoms with Crippen LogP contribution in [-0.4, -0.2) is 39.5 Å². The first-order chi connectivity index (χ1) is 3.39. The molecule has 2 nitrogen and oxygen atoms in total. The zero-order chi connectivity index (χ0) is 5.11. The van der Waals surface area contributed by atoms with Crippen LogP contribution in [0.2, 0.25) is 5.15 Å². The summed E-state index contributed by atoms with van der Waals surface area (Å²) >= 11 is 5.37. The third-order valence-electron chi connectivity index (χ3n) is 0.532.